The van der Waals surface area contributed by atoms with Crippen LogP contribution in [0.15, 0.2) is 113 Å². The second-order valence-electron chi connectivity index (χ2n) is 9.43. The zero-order valence-electron chi connectivity index (χ0n) is 22.0. The lowest BCUT2D eigenvalue weighted by molar-refractivity contribution is -0.113. The number of nitrogens with one attached hydrogen (secondary N) is 2. The van der Waals surface area contributed by atoms with Crippen molar-refractivity contribution in [2.45, 2.75) is 4.90 Å². The molecule has 1 aromatic heterocycles. The van der Waals surface area contributed by atoms with E-state index < -0.39 is 11.9 Å². The van der Waals surface area contributed by atoms with Crippen molar-refractivity contribution >= 4 is 73.2 Å². The first-order valence-corrected chi connectivity index (χ1v) is 14.8. The number of carboxylic acid groups (broad SMARTS) is 1. The Kier molecular flexibility index (Phi) is 7.68. The molecule has 0 atom stereocenters. The van der Waals surface area contributed by atoms with Gasteiger partial charge in [-0.05, 0) is 52.6 Å². The predicted octanol–water partition coefficient (Wildman–Crippen LogP) is 7.80. The van der Waals surface area contributed by atoms with E-state index in [2.05, 4.69) is 39.9 Å². The summed E-state index contributed by atoms with van der Waals surface area (Å²) in [6, 6.07) is 31.5. The molecule has 0 radical (unpaired) electrons. The molecule has 5 aromatic carbocycles. The smallest absolute Gasteiger partial charge is 0.336 e. The van der Waals surface area contributed by atoms with Crippen LogP contribution in [0.5, 0.6) is 0 Å². The first-order chi connectivity index (χ1) is 20.4. The Morgan fingerprint density at radius 1 is 0.762 bits per heavy atom. The van der Waals surface area contributed by atoms with E-state index in [4.69, 9.17) is 0 Å². The summed E-state index contributed by atoms with van der Waals surface area (Å²) in [7, 11) is 0. The minimum absolute atomic E-state index is 0.0678. The van der Waals surface area contributed by atoms with Gasteiger partial charge in [-0.25, -0.2) is 9.78 Å². The van der Waals surface area contributed by atoms with Gasteiger partial charge in [-0.1, -0.05) is 66.7 Å². The largest absolute Gasteiger partial charge is 0.478 e. The number of aromatic nitrogens is 1. The third kappa shape index (κ3) is 5.88. The van der Waals surface area contributed by atoms with E-state index in [0.717, 1.165) is 26.9 Å². The van der Waals surface area contributed by atoms with Gasteiger partial charge in [-0.2, -0.15) is 0 Å². The average Bonchev–Trinajstić information content (AvgIpc) is 3.47. The highest BCUT2D eigenvalue weighted by Crippen LogP contribution is 2.29. The van der Waals surface area contributed by atoms with Crippen molar-refractivity contribution in [2.24, 2.45) is 0 Å². The Labute approximate surface area is 249 Å². The predicted molar refractivity (Wildman–Crippen MR) is 170 cm³/mol. The molecule has 0 aliphatic heterocycles. The number of rotatable bonds is 8. The number of nitrogens with zero attached hydrogens (tertiary/aromatic N) is 1. The fraction of sp³-hybridized carbons (Fsp3) is 0.0303. The molecule has 0 spiro atoms. The number of thioether (sulfide) groups is 1. The van der Waals surface area contributed by atoms with Gasteiger partial charge >= 0.3 is 5.97 Å². The summed E-state index contributed by atoms with van der Waals surface area (Å²) >= 11 is 2.71. The summed E-state index contributed by atoms with van der Waals surface area (Å²) < 4.78 is 0. The Balaban J connectivity index is 1.09. The molecule has 3 N–H and O–H groups in total. The van der Waals surface area contributed by atoms with Crippen LogP contribution in [0.4, 0.5) is 10.8 Å². The van der Waals surface area contributed by atoms with Crippen molar-refractivity contribution in [2.75, 3.05) is 16.4 Å². The number of carboxylic acids is 1. The number of benzene rings is 5. The molecule has 7 nitrogen and oxygen atoms in total. The SMILES string of the molecule is O=C(CSc1cccc(NC(=O)c2cccc3cccc(C(=O)O)c23)c1)Nc1nc(-c2ccc3ccccc3c2)cs1. The van der Waals surface area contributed by atoms with Crippen LogP contribution in [-0.2, 0) is 4.79 Å². The molecule has 2 amide bonds. The molecule has 0 saturated carbocycles. The number of anilines is 2. The van der Waals surface area contributed by atoms with Crippen LogP contribution in [0, 0.1) is 0 Å². The number of carbonyl (C=O) groups excluding carboxylic acids is 2. The molecule has 6 aromatic rings. The summed E-state index contributed by atoms with van der Waals surface area (Å²) in [5, 5.41) is 21.2. The maximum atomic E-state index is 13.2. The van der Waals surface area contributed by atoms with Gasteiger partial charge in [0.05, 0.1) is 17.0 Å². The number of hydrogen-bond acceptors (Lipinski definition) is 6. The minimum Gasteiger partial charge on any atom is -0.478 e. The van der Waals surface area contributed by atoms with Gasteiger partial charge in [0.1, 0.15) is 0 Å². The van der Waals surface area contributed by atoms with Crippen molar-refractivity contribution < 1.29 is 19.5 Å². The first kappa shape index (κ1) is 27.2. The van der Waals surface area contributed by atoms with E-state index in [1.165, 1.54) is 29.2 Å². The van der Waals surface area contributed by atoms with Gasteiger partial charge in [0.15, 0.2) is 5.13 Å². The second-order valence-corrected chi connectivity index (χ2v) is 11.3. The number of thiazole rings is 1. The van der Waals surface area contributed by atoms with E-state index in [1.54, 1.807) is 48.5 Å². The molecule has 0 fully saturated rings. The van der Waals surface area contributed by atoms with Crippen LogP contribution < -0.4 is 10.6 Å². The molecule has 0 unspecified atom stereocenters. The fourth-order valence-corrected chi connectivity index (χ4v) is 6.18. The normalized spacial score (nSPS) is 11.0. The third-order valence-electron chi connectivity index (χ3n) is 6.64. The lowest BCUT2D eigenvalue weighted by Crippen LogP contribution is -2.14. The summed E-state index contributed by atoms with van der Waals surface area (Å²) in [5.74, 6) is -1.54. The molecule has 6 rings (SSSR count). The minimum atomic E-state index is -1.10. The van der Waals surface area contributed by atoms with Gasteiger partial charge in [-0.3, -0.25) is 9.59 Å². The topological polar surface area (TPSA) is 108 Å². The maximum absolute atomic E-state index is 13.2. The number of aromatic carboxylic acids is 1. The number of carbonyl (C=O) groups is 3. The van der Waals surface area contributed by atoms with Crippen LogP contribution in [-0.4, -0.2) is 33.6 Å². The zero-order valence-corrected chi connectivity index (χ0v) is 23.7. The second kappa shape index (κ2) is 11.9. The highest BCUT2D eigenvalue weighted by Gasteiger charge is 2.17. The van der Waals surface area contributed by atoms with Crippen molar-refractivity contribution in [1.82, 2.24) is 4.98 Å². The third-order valence-corrected chi connectivity index (χ3v) is 8.39. The van der Waals surface area contributed by atoms with Crippen LogP contribution in [0.3, 0.4) is 0 Å². The molecule has 0 aliphatic rings. The standard InChI is InChI=1S/C33H23N3O4S2/c37-29(36-33-35-28(18-42-33)23-15-14-20-6-1-2-7-22(20)16-23)19-41-25-11-5-10-24(17-25)34-31(38)26-12-3-8-21-9-4-13-27(30(21)26)32(39)40/h1-18H,19H2,(H,34,38)(H,39,40)(H,35,36,37). The van der Waals surface area contributed by atoms with Crippen LogP contribution in [0.1, 0.15) is 20.7 Å². The Hall–Kier alpha value is -4.99. The van der Waals surface area contributed by atoms with Gasteiger partial charge in [0, 0.05) is 32.5 Å². The fourth-order valence-electron chi connectivity index (χ4n) is 4.69. The molecular formula is C33H23N3O4S2. The summed E-state index contributed by atoms with van der Waals surface area (Å²) in [6.45, 7) is 0. The highest BCUT2D eigenvalue weighted by molar-refractivity contribution is 8.00. The molecular weight excluding hydrogens is 567 g/mol. The summed E-state index contributed by atoms with van der Waals surface area (Å²) in [6.07, 6.45) is 0. The van der Waals surface area contributed by atoms with E-state index in [0.29, 0.717) is 21.6 Å². The van der Waals surface area contributed by atoms with Gasteiger partial charge in [0.2, 0.25) is 5.91 Å². The Morgan fingerprint density at radius 3 is 2.31 bits per heavy atom. The lowest BCUT2D eigenvalue weighted by atomic mass is 9.98. The van der Waals surface area contributed by atoms with Crippen molar-refractivity contribution in [1.29, 1.82) is 0 Å². The number of fused-ring (bicyclic) bond motifs is 2. The first-order valence-electron chi connectivity index (χ1n) is 13.0. The van der Waals surface area contributed by atoms with Crippen molar-refractivity contribution in [3.8, 4) is 11.3 Å². The molecule has 0 bridgehead atoms. The van der Waals surface area contributed by atoms with Gasteiger partial charge < -0.3 is 15.7 Å². The monoisotopic (exact) mass is 589 g/mol. The molecule has 9 heteroatoms. The average molecular weight is 590 g/mol. The van der Waals surface area contributed by atoms with E-state index in [-0.39, 0.29) is 22.8 Å². The Morgan fingerprint density at radius 2 is 1.50 bits per heavy atom. The van der Waals surface area contributed by atoms with E-state index in [1.807, 2.05) is 29.6 Å². The van der Waals surface area contributed by atoms with E-state index in [9.17, 15) is 19.5 Å². The summed E-state index contributed by atoms with van der Waals surface area (Å²) in [4.78, 5) is 43.0. The maximum Gasteiger partial charge on any atom is 0.336 e. The van der Waals surface area contributed by atoms with Gasteiger partial charge in [0.25, 0.3) is 5.91 Å². The number of hydrogen-bond donors (Lipinski definition) is 3. The quantitative estimate of drug-likeness (QED) is 0.156. The molecule has 0 saturated heterocycles. The molecule has 0 aliphatic carbocycles. The highest BCUT2D eigenvalue weighted by atomic mass is 32.2. The van der Waals surface area contributed by atoms with E-state index >= 15 is 0 Å². The van der Waals surface area contributed by atoms with Crippen LogP contribution >= 0.6 is 23.1 Å². The van der Waals surface area contributed by atoms with Crippen LogP contribution in [0.2, 0.25) is 0 Å². The van der Waals surface area contributed by atoms with Crippen LogP contribution in [0.25, 0.3) is 32.8 Å². The molecule has 1 heterocycles. The van der Waals surface area contributed by atoms with Gasteiger partial charge in [-0.15, -0.1) is 23.1 Å². The van der Waals surface area contributed by atoms with Crippen molar-refractivity contribution in [3.63, 3.8) is 0 Å². The Bertz CT molecular complexity index is 1980. The lowest BCUT2D eigenvalue weighted by Gasteiger charge is -2.11. The van der Waals surface area contributed by atoms with Crippen molar-refractivity contribution in [3.05, 3.63) is 120 Å². The molecule has 42 heavy (non-hydrogen) atoms. The molecule has 206 valence electrons. The zero-order chi connectivity index (χ0) is 29.1. The number of amides is 2. The summed E-state index contributed by atoms with van der Waals surface area (Å²) in [5.41, 5.74) is 2.67.